The van der Waals surface area contributed by atoms with Crippen LogP contribution in [0.25, 0.3) is 0 Å². The number of hydrogen-bond donors (Lipinski definition) is 2. The molecule has 2 amide bonds. The van der Waals surface area contributed by atoms with Crippen LogP contribution in [0.5, 0.6) is 5.75 Å². The average molecular weight is 461 g/mol. The molecule has 2 aromatic carbocycles. The van der Waals surface area contributed by atoms with E-state index < -0.39 is 0 Å². The van der Waals surface area contributed by atoms with Crippen LogP contribution in [-0.2, 0) is 9.53 Å². The first-order chi connectivity index (χ1) is 13.9. The Kier molecular flexibility index (Phi) is 7.28. The number of ether oxygens (including phenoxy) is 2. The van der Waals surface area contributed by atoms with Crippen LogP contribution < -0.4 is 15.4 Å². The van der Waals surface area contributed by atoms with Crippen molar-refractivity contribution in [2.24, 2.45) is 0 Å². The Labute approximate surface area is 179 Å². The van der Waals surface area contributed by atoms with Crippen molar-refractivity contribution in [2.75, 3.05) is 25.1 Å². The maximum absolute atomic E-state index is 12.5. The van der Waals surface area contributed by atoms with E-state index in [1.165, 1.54) is 0 Å². The minimum atomic E-state index is -0.331. The molecule has 1 saturated heterocycles. The molecule has 2 N–H and O–H groups in total. The predicted octanol–water partition coefficient (Wildman–Crippen LogP) is 3.99. The summed E-state index contributed by atoms with van der Waals surface area (Å²) in [4.78, 5) is 24.9. The van der Waals surface area contributed by atoms with Gasteiger partial charge in [0, 0.05) is 17.6 Å². The number of nitrogens with one attached hydrogen (secondary N) is 2. The van der Waals surface area contributed by atoms with Gasteiger partial charge in [-0.3, -0.25) is 9.59 Å². The van der Waals surface area contributed by atoms with E-state index in [4.69, 9.17) is 9.47 Å². The lowest BCUT2D eigenvalue weighted by atomic mass is 10.1. The predicted molar refractivity (Wildman–Crippen MR) is 115 cm³/mol. The number of amides is 2. The molecule has 0 radical (unpaired) electrons. The summed E-state index contributed by atoms with van der Waals surface area (Å²) in [7, 11) is 0. The standard InChI is InChI=1S/C22H25BrN2O4/c1-14-10-17(11-15(2)21(14)23)29-13-20(26)25-19-8-4-3-7-18(19)22(27)24-12-16-6-5-9-28-16/h3-4,7-8,10-11,16H,5-6,9,12-13H2,1-2H3,(H,24,27)(H,25,26)/t16-/m1/s1. The van der Waals surface area contributed by atoms with Gasteiger partial charge in [-0.15, -0.1) is 0 Å². The van der Waals surface area contributed by atoms with Gasteiger partial charge in [0.15, 0.2) is 6.61 Å². The summed E-state index contributed by atoms with van der Waals surface area (Å²) in [5, 5.41) is 5.64. The van der Waals surface area contributed by atoms with Gasteiger partial charge in [-0.1, -0.05) is 28.1 Å². The van der Waals surface area contributed by atoms with Crippen LogP contribution in [0.2, 0.25) is 0 Å². The van der Waals surface area contributed by atoms with E-state index in [-0.39, 0.29) is 24.5 Å². The third-order valence-electron chi connectivity index (χ3n) is 4.74. The molecule has 0 spiro atoms. The van der Waals surface area contributed by atoms with E-state index in [1.54, 1.807) is 24.3 Å². The first-order valence-corrected chi connectivity index (χ1v) is 10.4. The van der Waals surface area contributed by atoms with Crippen molar-refractivity contribution in [1.29, 1.82) is 0 Å². The Morgan fingerprint density at radius 3 is 2.62 bits per heavy atom. The summed E-state index contributed by atoms with van der Waals surface area (Å²) in [6.07, 6.45) is 2.03. The Bertz CT molecular complexity index is 871. The van der Waals surface area contributed by atoms with E-state index in [2.05, 4.69) is 26.6 Å². The highest BCUT2D eigenvalue weighted by molar-refractivity contribution is 9.10. The van der Waals surface area contributed by atoms with E-state index in [0.29, 0.717) is 23.5 Å². The van der Waals surface area contributed by atoms with Crippen LogP contribution in [0.3, 0.4) is 0 Å². The molecule has 0 bridgehead atoms. The maximum Gasteiger partial charge on any atom is 0.262 e. The smallest absolute Gasteiger partial charge is 0.262 e. The number of aryl methyl sites for hydroxylation is 2. The highest BCUT2D eigenvalue weighted by Crippen LogP contribution is 2.26. The van der Waals surface area contributed by atoms with Gasteiger partial charge in [-0.05, 0) is 62.1 Å². The van der Waals surface area contributed by atoms with Gasteiger partial charge in [0.2, 0.25) is 0 Å². The van der Waals surface area contributed by atoms with Crippen molar-refractivity contribution in [3.8, 4) is 5.75 Å². The topological polar surface area (TPSA) is 76.7 Å². The zero-order chi connectivity index (χ0) is 20.8. The summed E-state index contributed by atoms with van der Waals surface area (Å²) in [6.45, 7) is 4.99. The second-order valence-corrected chi connectivity index (χ2v) is 7.89. The third kappa shape index (κ3) is 5.81. The quantitative estimate of drug-likeness (QED) is 0.654. The van der Waals surface area contributed by atoms with Crippen molar-refractivity contribution < 1.29 is 19.1 Å². The molecule has 0 aliphatic carbocycles. The number of halogens is 1. The Balaban J connectivity index is 1.58. The minimum absolute atomic E-state index is 0.0620. The molecule has 6 nitrogen and oxygen atoms in total. The van der Waals surface area contributed by atoms with Crippen molar-refractivity contribution in [1.82, 2.24) is 5.32 Å². The SMILES string of the molecule is Cc1cc(OCC(=O)Nc2ccccc2C(=O)NC[C@H]2CCCO2)cc(C)c1Br. The highest BCUT2D eigenvalue weighted by atomic mass is 79.9. The fraction of sp³-hybridized carbons (Fsp3) is 0.364. The molecular formula is C22H25BrN2O4. The fourth-order valence-electron chi connectivity index (χ4n) is 3.22. The minimum Gasteiger partial charge on any atom is -0.484 e. The molecule has 154 valence electrons. The van der Waals surface area contributed by atoms with Gasteiger partial charge >= 0.3 is 0 Å². The van der Waals surface area contributed by atoms with Crippen LogP contribution in [-0.4, -0.2) is 37.7 Å². The number of rotatable bonds is 7. The van der Waals surface area contributed by atoms with Crippen molar-refractivity contribution in [3.63, 3.8) is 0 Å². The number of carbonyl (C=O) groups is 2. The van der Waals surface area contributed by atoms with Crippen LogP contribution in [0.15, 0.2) is 40.9 Å². The van der Waals surface area contributed by atoms with E-state index >= 15 is 0 Å². The average Bonchev–Trinajstić information content (AvgIpc) is 3.22. The summed E-state index contributed by atoms with van der Waals surface area (Å²) < 4.78 is 12.2. The van der Waals surface area contributed by atoms with Crippen LogP contribution >= 0.6 is 15.9 Å². The molecule has 3 rings (SSSR count). The normalized spacial score (nSPS) is 15.8. The fourth-order valence-corrected chi connectivity index (χ4v) is 3.45. The molecular weight excluding hydrogens is 436 g/mol. The second-order valence-electron chi connectivity index (χ2n) is 7.10. The van der Waals surface area contributed by atoms with Crippen molar-refractivity contribution in [2.45, 2.75) is 32.8 Å². The second kappa shape index (κ2) is 9.89. The Morgan fingerprint density at radius 1 is 1.21 bits per heavy atom. The molecule has 1 fully saturated rings. The van der Waals surface area contributed by atoms with Crippen LogP contribution in [0.1, 0.15) is 34.3 Å². The van der Waals surface area contributed by atoms with E-state index in [1.807, 2.05) is 26.0 Å². The number of hydrogen-bond acceptors (Lipinski definition) is 4. The van der Waals surface area contributed by atoms with E-state index in [0.717, 1.165) is 35.0 Å². The largest absolute Gasteiger partial charge is 0.484 e. The number of benzene rings is 2. The summed E-state index contributed by atoms with van der Waals surface area (Å²) in [5.41, 5.74) is 2.94. The Hall–Kier alpha value is -2.38. The number of anilines is 1. The molecule has 1 aliphatic heterocycles. The lowest BCUT2D eigenvalue weighted by Gasteiger charge is -2.14. The Morgan fingerprint density at radius 2 is 1.93 bits per heavy atom. The molecule has 2 aromatic rings. The molecule has 0 saturated carbocycles. The van der Waals surface area contributed by atoms with Crippen LogP contribution in [0.4, 0.5) is 5.69 Å². The monoisotopic (exact) mass is 460 g/mol. The number of para-hydroxylation sites is 1. The maximum atomic E-state index is 12.5. The zero-order valence-electron chi connectivity index (χ0n) is 16.6. The zero-order valence-corrected chi connectivity index (χ0v) is 18.2. The van der Waals surface area contributed by atoms with Gasteiger partial charge in [0.25, 0.3) is 11.8 Å². The van der Waals surface area contributed by atoms with Gasteiger partial charge in [0.1, 0.15) is 5.75 Å². The van der Waals surface area contributed by atoms with Crippen LogP contribution in [0, 0.1) is 13.8 Å². The summed E-state index contributed by atoms with van der Waals surface area (Å²) in [5.74, 6) is 0.0556. The van der Waals surface area contributed by atoms with Gasteiger partial charge < -0.3 is 20.1 Å². The summed E-state index contributed by atoms with van der Waals surface area (Å²) in [6, 6.07) is 10.7. The lowest BCUT2D eigenvalue weighted by Crippen LogP contribution is -2.32. The molecule has 0 unspecified atom stereocenters. The highest BCUT2D eigenvalue weighted by Gasteiger charge is 2.18. The first-order valence-electron chi connectivity index (χ1n) is 9.62. The van der Waals surface area contributed by atoms with Gasteiger partial charge in [-0.2, -0.15) is 0 Å². The third-order valence-corrected chi connectivity index (χ3v) is 5.99. The van der Waals surface area contributed by atoms with Crippen molar-refractivity contribution in [3.05, 3.63) is 57.6 Å². The molecule has 0 aromatic heterocycles. The summed E-state index contributed by atoms with van der Waals surface area (Å²) >= 11 is 3.51. The first kappa shape index (κ1) is 21.3. The molecule has 1 atom stereocenters. The molecule has 7 heteroatoms. The van der Waals surface area contributed by atoms with Gasteiger partial charge in [-0.25, -0.2) is 0 Å². The molecule has 1 heterocycles. The molecule has 29 heavy (non-hydrogen) atoms. The molecule has 1 aliphatic rings. The lowest BCUT2D eigenvalue weighted by molar-refractivity contribution is -0.118. The van der Waals surface area contributed by atoms with Crippen molar-refractivity contribution >= 4 is 33.4 Å². The van der Waals surface area contributed by atoms with Gasteiger partial charge in [0.05, 0.1) is 17.4 Å². The van der Waals surface area contributed by atoms with E-state index in [9.17, 15) is 9.59 Å². The number of carbonyl (C=O) groups excluding carboxylic acids is 2.